The molecule has 3 rings (SSSR count). The fraction of sp³-hybridized carbons (Fsp3) is 0.190. The van der Waals surface area contributed by atoms with Crippen molar-refractivity contribution in [2.75, 3.05) is 19.5 Å². The van der Waals surface area contributed by atoms with Crippen LogP contribution in [-0.4, -0.2) is 24.2 Å². The average molecular weight is 417 g/mol. The Hall–Kier alpha value is -2.70. The third-order valence-electron chi connectivity index (χ3n) is 4.16. The zero-order valence-electron chi connectivity index (χ0n) is 15.6. The molecule has 1 aromatic heterocycles. The Bertz CT molecular complexity index is 914. The van der Waals surface area contributed by atoms with Crippen molar-refractivity contribution in [1.29, 1.82) is 0 Å². The number of rotatable bonds is 7. The Balaban J connectivity index is 1.84. The molecule has 0 spiro atoms. The topological polar surface area (TPSA) is 46.9 Å². The fourth-order valence-corrected chi connectivity index (χ4v) is 3.18. The highest BCUT2D eigenvalue weighted by Gasteiger charge is 2.17. The van der Waals surface area contributed by atoms with Crippen molar-refractivity contribution in [2.24, 2.45) is 0 Å². The number of nitrogens with one attached hydrogen (secondary N) is 1. The lowest BCUT2D eigenvalue weighted by atomic mass is 10.1. The standard InChI is InChI=1S/C21H21ClN2O3S/c1-25-19-7-3-5-15(20(19)26-2)13-24(14-18-6-4-12-27-18)21(28)23-17-10-8-16(22)9-11-17/h3-12H,13-14H2,1-2H3,(H,23,28). The van der Waals surface area contributed by atoms with Crippen molar-refractivity contribution >= 4 is 34.6 Å². The summed E-state index contributed by atoms with van der Waals surface area (Å²) >= 11 is 11.6. The molecule has 0 radical (unpaired) electrons. The lowest BCUT2D eigenvalue weighted by Gasteiger charge is -2.26. The molecular formula is C21H21ClN2O3S. The van der Waals surface area contributed by atoms with E-state index < -0.39 is 0 Å². The Labute approximate surface area is 174 Å². The summed E-state index contributed by atoms with van der Waals surface area (Å²) in [4.78, 5) is 2.00. The molecule has 0 amide bonds. The maximum Gasteiger partial charge on any atom is 0.174 e. The van der Waals surface area contributed by atoms with Gasteiger partial charge in [0.15, 0.2) is 16.6 Å². The van der Waals surface area contributed by atoms with E-state index in [2.05, 4.69) is 5.32 Å². The van der Waals surface area contributed by atoms with E-state index in [0.29, 0.717) is 34.7 Å². The number of nitrogens with zero attached hydrogens (tertiary/aromatic N) is 1. The highest BCUT2D eigenvalue weighted by molar-refractivity contribution is 7.80. The SMILES string of the molecule is COc1cccc(CN(Cc2ccco2)C(=S)Nc2ccc(Cl)cc2)c1OC. The zero-order valence-corrected chi connectivity index (χ0v) is 17.2. The quantitative estimate of drug-likeness (QED) is 0.524. The number of benzene rings is 2. The molecule has 0 saturated heterocycles. The minimum Gasteiger partial charge on any atom is -0.493 e. The predicted octanol–water partition coefficient (Wildman–Crippen LogP) is 5.35. The van der Waals surface area contributed by atoms with Gasteiger partial charge in [-0.1, -0.05) is 23.7 Å². The van der Waals surface area contributed by atoms with Crippen LogP contribution in [-0.2, 0) is 13.1 Å². The summed E-state index contributed by atoms with van der Waals surface area (Å²) in [6, 6.07) is 16.9. The van der Waals surface area contributed by atoms with E-state index in [-0.39, 0.29) is 0 Å². The van der Waals surface area contributed by atoms with E-state index >= 15 is 0 Å². The summed E-state index contributed by atoms with van der Waals surface area (Å²) in [5, 5.41) is 4.48. The summed E-state index contributed by atoms with van der Waals surface area (Å²) in [5.74, 6) is 2.17. The monoisotopic (exact) mass is 416 g/mol. The minimum absolute atomic E-state index is 0.507. The third kappa shape index (κ3) is 4.97. The maximum absolute atomic E-state index is 5.97. The van der Waals surface area contributed by atoms with Gasteiger partial charge in [0.05, 0.1) is 27.0 Å². The van der Waals surface area contributed by atoms with Crippen LogP contribution in [0.3, 0.4) is 0 Å². The zero-order chi connectivity index (χ0) is 19.9. The molecule has 0 bridgehead atoms. The van der Waals surface area contributed by atoms with Crippen LogP contribution in [0.5, 0.6) is 11.5 Å². The van der Waals surface area contributed by atoms with Crippen LogP contribution in [0.2, 0.25) is 5.02 Å². The van der Waals surface area contributed by atoms with Crippen molar-refractivity contribution in [3.63, 3.8) is 0 Å². The minimum atomic E-state index is 0.507. The molecule has 3 aromatic rings. The molecule has 0 atom stereocenters. The van der Waals surface area contributed by atoms with Crippen LogP contribution in [0.4, 0.5) is 5.69 Å². The molecule has 2 aromatic carbocycles. The van der Waals surface area contributed by atoms with Gasteiger partial charge in [-0.05, 0) is 54.7 Å². The van der Waals surface area contributed by atoms with Gasteiger partial charge < -0.3 is 24.1 Å². The third-order valence-corrected chi connectivity index (χ3v) is 4.77. The second-order valence-electron chi connectivity index (χ2n) is 6.03. The summed E-state index contributed by atoms with van der Waals surface area (Å²) in [6.45, 7) is 1.02. The van der Waals surface area contributed by atoms with Gasteiger partial charge in [-0.25, -0.2) is 0 Å². The first kappa shape index (κ1) is 20.0. The van der Waals surface area contributed by atoms with Crippen LogP contribution in [0.1, 0.15) is 11.3 Å². The largest absolute Gasteiger partial charge is 0.493 e. The molecule has 7 heteroatoms. The van der Waals surface area contributed by atoms with Gasteiger partial charge in [0, 0.05) is 22.8 Å². The molecule has 146 valence electrons. The molecule has 0 saturated carbocycles. The van der Waals surface area contributed by atoms with Crippen LogP contribution in [0, 0.1) is 0 Å². The lowest BCUT2D eigenvalue weighted by molar-refractivity contribution is 0.331. The predicted molar refractivity (Wildman–Crippen MR) is 115 cm³/mol. The number of thiocarbonyl (C=S) groups is 1. The number of methoxy groups -OCH3 is 2. The van der Waals surface area contributed by atoms with Crippen LogP contribution >= 0.6 is 23.8 Å². The molecule has 0 aliphatic carbocycles. The van der Waals surface area contributed by atoms with Crippen molar-refractivity contribution in [3.8, 4) is 11.5 Å². The Kier molecular flexibility index (Phi) is 6.79. The number of hydrogen-bond acceptors (Lipinski definition) is 4. The highest BCUT2D eigenvalue weighted by atomic mass is 35.5. The normalized spacial score (nSPS) is 10.4. The fourth-order valence-electron chi connectivity index (χ4n) is 2.81. The Morgan fingerprint density at radius 2 is 1.82 bits per heavy atom. The van der Waals surface area contributed by atoms with Crippen molar-refractivity contribution in [3.05, 3.63) is 77.2 Å². The first-order chi connectivity index (χ1) is 13.6. The maximum atomic E-state index is 5.97. The molecule has 1 N–H and O–H groups in total. The number of anilines is 1. The van der Waals surface area contributed by atoms with E-state index in [1.807, 2.05) is 59.5 Å². The number of para-hydroxylation sites is 1. The van der Waals surface area contributed by atoms with Gasteiger partial charge in [-0.15, -0.1) is 0 Å². The smallest absolute Gasteiger partial charge is 0.174 e. The average Bonchev–Trinajstić information content (AvgIpc) is 3.22. The second kappa shape index (κ2) is 9.48. The molecule has 28 heavy (non-hydrogen) atoms. The second-order valence-corrected chi connectivity index (χ2v) is 6.85. The summed E-state index contributed by atoms with van der Waals surface area (Å²) in [5.41, 5.74) is 1.81. The molecule has 1 heterocycles. The van der Waals surface area contributed by atoms with Gasteiger partial charge in [0.2, 0.25) is 0 Å². The van der Waals surface area contributed by atoms with Gasteiger partial charge in [-0.3, -0.25) is 0 Å². The van der Waals surface area contributed by atoms with Crippen LogP contribution in [0.15, 0.2) is 65.3 Å². The molecule has 0 aliphatic heterocycles. The van der Waals surface area contributed by atoms with E-state index in [9.17, 15) is 0 Å². The highest BCUT2D eigenvalue weighted by Crippen LogP contribution is 2.32. The summed E-state index contributed by atoms with van der Waals surface area (Å²) < 4.78 is 16.5. The van der Waals surface area contributed by atoms with Crippen molar-refractivity contribution < 1.29 is 13.9 Å². The van der Waals surface area contributed by atoms with E-state index in [4.69, 9.17) is 37.7 Å². The molecule has 0 fully saturated rings. The van der Waals surface area contributed by atoms with E-state index in [1.54, 1.807) is 20.5 Å². The first-order valence-electron chi connectivity index (χ1n) is 8.64. The van der Waals surface area contributed by atoms with Gasteiger partial charge in [0.25, 0.3) is 0 Å². The van der Waals surface area contributed by atoms with Crippen molar-refractivity contribution in [1.82, 2.24) is 4.90 Å². The number of furan rings is 1. The van der Waals surface area contributed by atoms with Crippen molar-refractivity contribution in [2.45, 2.75) is 13.1 Å². The van der Waals surface area contributed by atoms with Gasteiger partial charge in [-0.2, -0.15) is 0 Å². The Morgan fingerprint density at radius 3 is 2.46 bits per heavy atom. The first-order valence-corrected chi connectivity index (χ1v) is 9.43. The van der Waals surface area contributed by atoms with E-state index in [1.165, 1.54) is 0 Å². The number of ether oxygens (including phenoxy) is 2. The van der Waals surface area contributed by atoms with Gasteiger partial charge in [0.1, 0.15) is 5.76 Å². The summed E-state index contributed by atoms with van der Waals surface area (Å²) in [6.07, 6.45) is 1.65. The Morgan fingerprint density at radius 1 is 1.04 bits per heavy atom. The molecular weight excluding hydrogens is 396 g/mol. The lowest BCUT2D eigenvalue weighted by Crippen LogP contribution is -2.33. The molecule has 5 nitrogen and oxygen atoms in total. The van der Waals surface area contributed by atoms with E-state index in [0.717, 1.165) is 17.0 Å². The van der Waals surface area contributed by atoms with Crippen LogP contribution < -0.4 is 14.8 Å². The number of hydrogen-bond donors (Lipinski definition) is 1. The number of halogens is 1. The summed E-state index contributed by atoms with van der Waals surface area (Å²) in [7, 11) is 3.25. The van der Waals surface area contributed by atoms with Gasteiger partial charge >= 0.3 is 0 Å². The molecule has 0 unspecified atom stereocenters. The van der Waals surface area contributed by atoms with Crippen LogP contribution in [0.25, 0.3) is 0 Å². The molecule has 0 aliphatic rings.